The number of nitrogens with zero attached hydrogens (tertiary/aromatic N) is 6. The quantitative estimate of drug-likeness (QED) is 0.462. The molecule has 1 aliphatic heterocycles. The number of carbonyl (C=O) groups is 1. The molecule has 180 valence electrons. The number of rotatable bonds is 7. The monoisotopic (exact) mass is 468 g/mol. The molecule has 0 aliphatic carbocycles. The molecule has 3 aromatic rings. The smallest absolute Gasteiger partial charge is 0.264 e. The van der Waals surface area contributed by atoms with Crippen LogP contribution < -0.4 is 26.1 Å². The summed E-state index contributed by atoms with van der Waals surface area (Å²) < 4.78 is 12.8. The number of nitrogens with one attached hydrogen (secondary N) is 1. The third-order valence-electron chi connectivity index (χ3n) is 5.82. The van der Waals surface area contributed by atoms with Crippen molar-refractivity contribution in [1.29, 1.82) is 0 Å². The van der Waals surface area contributed by atoms with Crippen LogP contribution in [0.2, 0.25) is 0 Å². The van der Waals surface area contributed by atoms with Gasteiger partial charge in [-0.3, -0.25) is 24.4 Å². The minimum atomic E-state index is -0.506. The zero-order valence-corrected chi connectivity index (χ0v) is 19.4. The largest absolute Gasteiger partial charge is 0.491 e. The van der Waals surface area contributed by atoms with E-state index < -0.39 is 11.5 Å². The highest BCUT2D eigenvalue weighted by molar-refractivity contribution is 6.04. The zero-order chi connectivity index (χ0) is 24.2. The van der Waals surface area contributed by atoms with Gasteiger partial charge in [-0.25, -0.2) is 15.0 Å². The van der Waals surface area contributed by atoms with E-state index >= 15 is 0 Å². The highest BCUT2D eigenvalue weighted by atomic mass is 16.5. The zero-order valence-electron chi connectivity index (χ0n) is 19.4. The Morgan fingerprint density at radius 2 is 1.88 bits per heavy atom. The van der Waals surface area contributed by atoms with E-state index in [4.69, 9.17) is 15.2 Å². The molecule has 0 atom stereocenters. The fourth-order valence-corrected chi connectivity index (χ4v) is 3.78. The second-order valence-corrected chi connectivity index (χ2v) is 8.10. The molecule has 1 aromatic carbocycles. The molecule has 0 bridgehead atoms. The summed E-state index contributed by atoms with van der Waals surface area (Å²) >= 11 is 0. The van der Waals surface area contributed by atoms with Gasteiger partial charge in [0.2, 0.25) is 5.95 Å². The van der Waals surface area contributed by atoms with Crippen molar-refractivity contribution in [2.75, 3.05) is 64.5 Å². The van der Waals surface area contributed by atoms with Crippen molar-refractivity contribution in [2.45, 2.75) is 0 Å². The Hall–Kier alpha value is -3.77. The maximum absolute atomic E-state index is 13.1. The van der Waals surface area contributed by atoms with E-state index in [-0.39, 0.29) is 33.9 Å². The first kappa shape index (κ1) is 23.4. The predicted octanol–water partition coefficient (Wildman–Crippen LogP) is 0.193. The van der Waals surface area contributed by atoms with Crippen LogP contribution in [0.15, 0.2) is 29.6 Å². The van der Waals surface area contributed by atoms with E-state index in [0.29, 0.717) is 12.4 Å². The molecule has 3 N–H and O–H groups in total. The lowest BCUT2D eigenvalue weighted by Crippen LogP contribution is -2.45. The number of hydrogen-bond donors (Lipinski definition) is 2. The molecule has 0 saturated carbocycles. The van der Waals surface area contributed by atoms with Crippen LogP contribution in [0.3, 0.4) is 0 Å². The van der Waals surface area contributed by atoms with Crippen molar-refractivity contribution in [2.24, 2.45) is 7.05 Å². The van der Waals surface area contributed by atoms with Gasteiger partial charge >= 0.3 is 0 Å². The summed E-state index contributed by atoms with van der Waals surface area (Å²) in [7, 11) is 5.08. The first-order valence-corrected chi connectivity index (χ1v) is 10.9. The molecule has 0 unspecified atom stereocenters. The molecule has 34 heavy (non-hydrogen) atoms. The Morgan fingerprint density at radius 1 is 1.18 bits per heavy atom. The number of anilines is 2. The Morgan fingerprint density at radius 3 is 2.56 bits per heavy atom. The van der Waals surface area contributed by atoms with E-state index in [1.54, 1.807) is 6.07 Å². The van der Waals surface area contributed by atoms with Crippen LogP contribution in [0.25, 0.3) is 10.9 Å². The van der Waals surface area contributed by atoms with Crippen LogP contribution >= 0.6 is 0 Å². The standard InChI is InChI=1S/C22H28N8O4/c1-28-4-6-30(7-5-28)8-9-34-16-10-15(23)17-18(19(16)33-3)26-22(29(2)21(17)32)27-20(31)14-11-24-13-25-12-14/h10-13H,4-9,23H2,1-3H3,(H,26,27,31). The normalized spacial score (nSPS) is 14.8. The van der Waals surface area contributed by atoms with Crippen molar-refractivity contribution in [3.05, 3.63) is 40.7 Å². The fraction of sp³-hybridized carbons (Fsp3) is 0.409. The summed E-state index contributed by atoms with van der Waals surface area (Å²) in [5.74, 6) is 0.183. The molecule has 12 heteroatoms. The lowest BCUT2D eigenvalue weighted by Gasteiger charge is -2.32. The second-order valence-electron chi connectivity index (χ2n) is 8.10. The van der Waals surface area contributed by atoms with Gasteiger partial charge < -0.3 is 20.1 Å². The van der Waals surface area contributed by atoms with Crippen LogP contribution in [0.1, 0.15) is 10.4 Å². The summed E-state index contributed by atoms with van der Waals surface area (Å²) in [4.78, 5) is 42.4. The summed E-state index contributed by atoms with van der Waals surface area (Å²) in [5, 5.41) is 2.81. The number of amides is 1. The molecule has 1 fully saturated rings. The van der Waals surface area contributed by atoms with E-state index in [2.05, 4.69) is 37.1 Å². The summed E-state index contributed by atoms with van der Waals surface area (Å²) in [6.07, 6.45) is 4.05. The lowest BCUT2D eigenvalue weighted by atomic mass is 10.1. The highest BCUT2D eigenvalue weighted by Crippen LogP contribution is 2.37. The minimum absolute atomic E-state index is 0.0265. The summed E-state index contributed by atoms with van der Waals surface area (Å²) in [6.45, 7) is 5.16. The minimum Gasteiger partial charge on any atom is -0.491 e. The molecule has 1 saturated heterocycles. The molecule has 12 nitrogen and oxygen atoms in total. The van der Waals surface area contributed by atoms with Gasteiger partial charge in [0.05, 0.1) is 23.7 Å². The number of carbonyl (C=O) groups excluding carboxylic acids is 1. The van der Waals surface area contributed by atoms with Crippen LogP contribution in [0.4, 0.5) is 11.6 Å². The van der Waals surface area contributed by atoms with Crippen LogP contribution in [0, 0.1) is 0 Å². The van der Waals surface area contributed by atoms with E-state index in [1.807, 2.05) is 0 Å². The first-order valence-electron chi connectivity index (χ1n) is 10.9. The molecule has 0 radical (unpaired) electrons. The molecule has 4 rings (SSSR count). The van der Waals surface area contributed by atoms with Crippen molar-refractivity contribution in [3.8, 4) is 11.5 Å². The van der Waals surface area contributed by atoms with Crippen molar-refractivity contribution >= 4 is 28.4 Å². The van der Waals surface area contributed by atoms with E-state index in [9.17, 15) is 9.59 Å². The molecule has 3 heterocycles. The maximum atomic E-state index is 13.1. The Bertz CT molecular complexity index is 1240. The van der Waals surface area contributed by atoms with Crippen molar-refractivity contribution < 1.29 is 14.3 Å². The number of fused-ring (bicyclic) bond motifs is 1. The average molecular weight is 469 g/mol. The van der Waals surface area contributed by atoms with Gasteiger partial charge in [-0.1, -0.05) is 0 Å². The number of likely N-dealkylation sites (N-methyl/N-ethyl adjacent to an activating group) is 1. The number of aromatic nitrogens is 4. The molecule has 0 spiro atoms. The van der Waals surface area contributed by atoms with Gasteiger partial charge in [0, 0.05) is 58.2 Å². The summed E-state index contributed by atoms with van der Waals surface area (Å²) in [6, 6.07) is 1.58. The Balaban J connectivity index is 1.63. The van der Waals surface area contributed by atoms with Crippen LogP contribution in [0.5, 0.6) is 11.5 Å². The second kappa shape index (κ2) is 10.0. The van der Waals surface area contributed by atoms with Crippen LogP contribution in [-0.4, -0.2) is 88.7 Å². The van der Waals surface area contributed by atoms with Gasteiger partial charge in [-0.2, -0.15) is 0 Å². The Kier molecular flexibility index (Phi) is 6.89. The SMILES string of the molecule is COc1c(OCCN2CCN(C)CC2)cc(N)c2c(=O)n(C)c(NC(=O)c3cncnc3)nc12. The topological polar surface area (TPSA) is 141 Å². The van der Waals surface area contributed by atoms with E-state index in [1.165, 1.54) is 37.4 Å². The number of piperazine rings is 1. The van der Waals surface area contributed by atoms with Gasteiger partial charge in [-0.15, -0.1) is 0 Å². The number of benzene rings is 1. The molecular weight excluding hydrogens is 440 g/mol. The van der Waals surface area contributed by atoms with E-state index in [0.717, 1.165) is 32.7 Å². The average Bonchev–Trinajstić information content (AvgIpc) is 2.84. The molecule has 1 amide bonds. The van der Waals surface area contributed by atoms with Gasteiger partial charge in [0.15, 0.2) is 11.5 Å². The van der Waals surface area contributed by atoms with Crippen molar-refractivity contribution in [3.63, 3.8) is 0 Å². The Labute approximate surface area is 196 Å². The number of hydrogen-bond acceptors (Lipinski definition) is 10. The number of nitrogen functional groups attached to an aromatic ring is 1. The summed E-state index contributed by atoms with van der Waals surface area (Å²) in [5.41, 5.74) is 6.44. The third kappa shape index (κ3) is 4.77. The fourth-order valence-electron chi connectivity index (χ4n) is 3.78. The number of nitrogens with two attached hydrogens (primary N) is 1. The lowest BCUT2D eigenvalue weighted by molar-refractivity contribution is 0.102. The van der Waals surface area contributed by atoms with Gasteiger partial charge in [0.25, 0.3) is 11.5 Å². The van der Waals surface area contributed by atoms with Crippen molar-refractivity contribution in [1.82, 2.24) is 29.3 Å². The first-order chi connectivity index (χ1) is 16.4. The number of ether oxygens (including phenoxy) is 2. The molecular formula is C22H28N8O4. The predicted molar refractivity (Wildman–Crippen MR) is 127 cm³/mol. The maximum Gasteiger partial charge on any atom is 0.264 e. The number of methoxy groups -OCH3 is 1. The molecule has 2 aromatic heterocycles. The molecule has 1 aliphatic rings. The van der Waals surface area contributed by atoms with Gasteiger partial charge in [0.1, 0.15) is 18.5 Å². The third-order valence-corrected chi connectivity index (χ3v) is 5.82. The highest BCUT2D eigenvalue weighted by Gasteiger charge is 2.21. The van der Waals surface area contributed by atoms with Crippen LogP contribution in [-0.2, 0) is 7.05 Å². The van der Waals surface area contributed by atoms with Gasteiger partial charge in [-0.05, 0) is 7.05 Å².